The van der Waals surface area contributed by atoms with Gasteiger partial charge < -0.3 is 34.2 Å². The summed E-state index contributed by atoms with van der Waals surface area (Å²) in [6.45, 7) is 2.42. The highest BCUT2D eigenvalue weighted by molar-refractivity contribution is 7.47. The van der Waals surface area contributed by atoms with E-state index in [-0.39, 0.29) is 19.3 Å². The molecule has 0 saturated heterocycles. The molecule has 0 aliphatic carbocycles. The molecule has 0 saturated carbocycles. The van der Waals surface area contributed by atoms with Crippen molar-refractivity contribution in [1.82, 2.24) is 0 Å². The molecule has 478 valence electrons. The van der Waals surface area contributed by atoms with E-state index in [1.165, 1.54) is 44.9 Å². The Bertz CT molecular complexity index is 1910. The van der Waals surface area contributed by atoms with E-state index >= 15 is 0 Å². The third kappa shape index (κ3) is 60.0. The third-order valence-electron chi connectivity index (χ3n) is 12.8. The second kappa shape index (κ2) is 58.8. The highest BCUT2D eigenvalue weighted by Gasteiger charge is 2.29. The monoisotopic (exact) mass is 1210 g/mol. The van der Waals surface area contributed by atoms with Crippen molar-refractivity contribution in [2.75, 3.05) is 39.6 Å². The van der Waals surface area contributed by atoms with E-state index in [1.54, 1.807) is 0 Å². The van der Waals surface area contributed by atoms with Crippen LogP contribution in [0.4, 0.5) is 0 Å². The van der Waals surface area contributed by atoms with Gasteiger partial charge in [-0.1, -0.05) is 195 Å². The first-order chi connectivity index (χ1) is 40.2. The average Bonchev–Trinajstić information content (AvgIpc) is 3.46. The molecular formula is C65H112O16P2. The highest BCUT2D eigenvalue weighted by Crippen LogP contribution is 2.45. The standard InChI is InChI=1S/C65H112O16P2/c1-4-7-10-13-16-19-22-25-27-28-29-30-32-35-36-39-42-45-48-51-63(68)75-54-60(66)55-77-82(71,72)78-56-61(67)57-79-83(73,74)80-59-62(81-65(70)53-50-47-44-41-38-33-24-21-18-15-12-9-6-3)58-76-64(69)52-49-46-43-40-37-34-31-26-23-20-17-14-11-8-5-2/h7,10,16-17,19-21,24-27,29-31,35-36,60-62,66-67H,4-6,8-9,11-15,18,22-23,28,32-34,37-59H2,1-3H3,(H,71,72)(H,73,74)/b10-7-,19-16-,20-17-,24-21-,27-25-,30-29-,31-26-,36-35-. The van der Waals surface area contributed by atoms with Gasteiger partial charge in [-0.05, 0) is 122 Å². The van der Waals surface area contributed by atoms with E-state index in [2.05, 4.69) is 118 Å². The molecular weight excluding hydrogens is 1100 g/mol. The zero-order chi connectivity index (χ0) is 61.0. The number of carbonyl (C=O) groups excluding carboxylic acids is 3. The molecule has 16 nitrogen and oxygen atoms in total. The summed E-state index contributed by atoms with van der Waals surface area (Å²) in [5.41, 5.74) is 0. The topological polar surface area (TPSA) is 231 Å². The molecule has 18 heteroatoms. The fourth-order valence-electron chi connectivity index (χ4n) is 7.91. The normalized spacial score (nSPS) is 15.0. The van der Waals surface area contributed by atoms with Crippen LogP contribution < -0.4 is 0 Å². The molecule has 0 aromatic carbocycles. The lowest BCUT2D eigenvalue weighted by Crippen LogP contribution is -2.30. The van der Waals surface area contributed by atoms with Crippen molar-refractivity contribution in [2.45, 2.75) is 257 Å². The molecule has 0 aliphatic rings. The van der Waals surface area contributed by atoms with E-state index in [0.29, 0.717) is 19.3 Å². The molecule has 0 aromatic rings. The van der Waals surface area contributed by atoms with Crippen LogP contribution in [0, 0.1) is 0 Å². The summed E-state index contributed by atoms with van der Waals surface area (Å²) >= 11 is 0. The lowest BCUT2D eigenvalue weighted by molar-refractivity contribution is -0.161. The van der Waals surface area contributed by atoms with Crippen molar-refractivity contribution >= 4 is 33.6 Å². The van der Waals surface area contributed by atoms with Crippen LogP contribution in [0.5, 0.6) is 0 Å². The van der Waals surface area contributed by atoms with Gasteiger partial charge in [0.15, 0.2) is 6.10 Å². The van der Waals surface area contributed by atoms with Gasteiger partial charge in [0.2, 0.25) is 0 Å². The van der Waals surface area contributed by atoms with Gasteiger partial charge >= 0.3 is 33.6 Å². The number of phosphoric ester groups is 2. The lowest BCUT2D eigenvalue weighted by atomic mass is 10.1. The predicted octanol–water partition coefficient (Wildman–Crippen LogP) is 16.7. The fourth-order valence-corrected chi connectivity index (χ4v) is 9.50. The second-order valence-electron chi connectivity index (χ2n) is 20.8. The molecule has 0 aliphatic heterocycles. The van der Waals surface area contributed by atoms with Gasteiger partial charge in [0.05, 0.1) is 26.4 Å². The van der Waals surface area contributed by atoms with Crippen molar-refractivity contribution < 1.29 is 75.8 Å². The Morgan fingerprint density at radius 3 is 1.06 bits per heavy atom. The zero-order valence-electron chi connectivity index (χ0n) is 51.3. The number of allylic oxidation sites excluding steroid dienone is 16. The van der Waals surface area contributed by atoms with Crippen LogP contribution in [-0.4, -0.2) is 95.9 Å². The third-order valence-corrected chi connectivity index (χ3v) is 14.7. The van der Waals surface area contributed by atoms with Crippen LogP contribution in [0.3, 0.4) is 0 Å². The largest absolute Gasteiger partial charge is 0.472 e. The molecule has 0 spiro atoms. The Morgan fingerprint density at radius 2 is 0.639 bits per heavy atom. The maximum atomic E-state index is 12.9. The summed E-state index contributed by atoms with van der Waals surface area (Å²) in [4.78, 5) is 58.2. The Hall–Kier alpha value is -3.53. The summed E-state index contributed by atoms with van der Waals surface area (Å²) in [5, 5.41) is 20.5. The molecule has 5 unspecified atom stereocenters. The molecule has 0 bridgehead atoms. The minimum absolute atomic E-state index is 0.0900. The summed E-state index contributed by atoms with van der Waals surface area (Å²) in [6.07, 6.45) is 61.8. The van der Waals surface area contributed by atoms with Crippen molar-refractivity contribution in [3.05, 3.63) is 97.2 Å². The van der Waals surface area contributed by atoms with E-state index in [0.717, 1.165) is 135 Å². The molecule has 5 atom stereocenters. The van der Waals surface area contributed by atoms with Gasteiger partial charge in [0.1, 0.15) is 25.4 Å². The Morgan fingerprint density at radius 1 is 0.349 bits per heavy atom. The summed E-state index contributed by atoms with van der Waals surface area (Å²) in [7, 11) is -9.78. The number of aliphatic hydroxyl groups excluding tert-OH is 2. The molecule has 4 N–H and O–H groups in total. The molecule has 0 aromatic heterocycles. The van der Waals surface area contributed by atoms with Crippen LogP contribution in [0.25, 0.3) is 0 Å². The van der Waals surface area contributed by atoms with E-state index in [4.69, 9.17) is 32.3 Å². The number of carbonyl (C=O) groups is 3. The van der Waals surface area contributed by atoms with Crippen molar-refractivity contribution in [3.8, 4) is 0 Å². The second-order valence-corrected chi connectivity index (χ2v) is 23.7. The van der Waals surface area contributed by atoms with E-state index < -0.39 is 91.5 Å². The minimum Gasteiger partial charge on any atom is -0.463 e. The number of aliphatic hydroxyl groups is 2. The number of unbranched alkanes of at least 4 members (excludes halogenated alkanes) is 20. The molecule has 0 heterocycles. The Kier molecular flexibility index (Phi) is 56.3. The van der Waals surface area contributed by atoms with Crippen LogP contribution in [0.2, 0.25) is 0 Å². The van der Waals surface area contributed by atoms with Crippen molar-refractivity contribution in [1.29, 1.82) is 0 Å². The van der Waals surface area contributed by atoms with Crippen molar-refractivity contribution in [3.63, 3.8) is 0 Å². The van der Waals surface area contributed by atoms with Gasteiger partial charge in [0, 0.05) is 19.3 Å². The number of rotatable bonds is 59. The summed E-state index contributed by atoms with van der Waals surface area (Å²) < 4.78 is 60.6. The molecule has 0 amide bonds. The maximum Gasteiger partial charge on any atom is 0.472 e. The van der Waals surface area contributed by atoms with Gasteiger partial charge in [-0.2, -0.15) is 0 Å². The predicted molar refractivity (Wildman–Crippen MR) is 334 cm³/mol. The smallest absolute Gasteiger partial charge is 0.463 e. The Labute approximate surface area is 501 Å². The first kappa shape index (κ1) is 79.5. The van der Waals surface area contributed by atoms with Crippen LogP contribution in [-0.2, 0) is 55.8 Å². The van der Waals surface area contributed by atoms with Gasteiger partial charge in [-0.3, -0.25) is 32.5 Å². The van der Waals surface area contributed by atoms with Gasteiger partial charge in [-0.25, -0.2) is 9.13 Å². The van der Waals surface area contributed by atoms with E-state index in [9.17, 15) is 43.5 Å². The number of esters is 3. The number of hydrogen-bond donors (Lipinski definition) is 4. The summed E-state index contributed by atoms with van der Waals surface area (Å²) in [5.74, 6) is -1.63. The molecule has 0 radical (unpaired) electrons. The van der Waals surface area contributed by atoms with Crippen molar-refractivity contribution in [2.24, 2.45) is 0 Å². The number of phosphoric acid groups is 2. The first-order valence-electron chi connectivity index (χ1n) is 31.5. The van der Waals surface area contributed by atoms with Gasteiger partial charge in [0.25, 0.3) is 0 Å². The Balaban J connectivity index is 4.70. The molecule has 83 heavy (non-hydrogen) atoms. The first-order valence-corrected chi connectivity index (χ1v) is 34.5. The zero-order valence-corrected chi connectivity index (χ0v) is 53.1. The van der Waals surface area contributed by atoms with Gasteiger partial charge in [-0.15, -0.1) is 0 Å². The van der Waals surface area contributed by atoms with Crippen LogP contribution in [0.15, 0.2) is 97.2 Å². The van der Waals surface area contributed by atoms with Crippen LogP contribution >= 0.6 is 15.6 Å². The minimum atomic E-state index is -4.93. The quantitative estimate of drug-likeness (QED) is 0.0146. The van der Waals surface area contributed by atoms with Crippen LogP contribution in [0.1, 0.15) is 239 Å². The fraction of sp³-hybridized carbons (Fsp3) is 0.708. The van der Waals surface area contributed by atoms with E-state index in [1.807, 2.05) is 0 Å². The molecule has 0 rings (SSSR count). The summed E-state index contributed by atoms with van der Waals surface area (Å²) in [6, 6.07) is 0. The number of ether oxygens (including phenoxy) is 3. The molecule has 0 fully saturated rings. The highest BCUT2D eigenvalue weighted by atomic mass is 31.2. The maximum absolute atomic E-state index is 12.9. The SMILES string of the molecule is CC/C=C\C/C=C\C/C=C\C/C=C\C/C=C\CCCCCC(=O)OCC(O)COP(=O)(O)OCC(O)COP(=O)(O)OCC(COC(=O)CCCCCCC/C=C\C/C=C\CCCCC)OC(=O)CCCCCCC/C=C\CCCCCC. The average molecular weight is 1210 g/mol. The number of hydrogen-bond acceptors (Lipinski definition) is 14. The lowest BCUT2D eigenvalue weighted by Gasteiger charge is -2.21.